The van der Waals surface area contributed by atoms with Crippen LogP contribution in [0.5, 0.6) is 0 Å². The molecule has 0 fully saturated rings. The van der Waals surface area contributed by atoms with Crippen molar-refractivity contribution in [3.63, 3.8) is 0 Å². The van der Waals surface area contributed by atoms with Gasteiger partial charge in [-0.2, -0.15) is 10.5 Å². The third-order valence-corrected chi connectivity index (χ3v) is 2.62. The van der Waals surface area contributed by atoms with Gasteiger partial charge in [0.2, 0.25) is 0 Å². The Bertz CT molecular complexity index is 440. The molecule has 0 aliphatic heterocycles. The van der Waals surface area contributed by atoms with Crippen LogP contribution in [0.25, 0.3) is 0 Å². The second kappa shape index (κ2) is 8.21. The lowest BCUT2D eigenvalue weighted by atomic mass is 10.2. The molecule has 0 radical (unpaired) electrons. The maximum Gasteiger partial charge on any atom is 0.100 e. The van der Waals surface area contributed by atoms with Gasteiger partial charge in [0.05, 0.1) is 30.9 Å². The number of hydrogen-bond donors (Lipinski definition) is 0. The Hall–Kier alpha value is -1.92. The fourth-order valence-corrected chi connectivity index (χ4v) is 1.70. The van der Waals surface area contributed by atoms with E-state index in [0.29, 0.717) is 19.4 Å². The number of aryl methyl sites for hydroxylation is 1. The highest BCUT2D eigenvalue weighted by Gasteiger charge is 2.11. The maximum absolute atomic E-state index is 8.73. The van der Waals surface area contributed by atoms with Crippen LogP contribution in [0, 0.1) is 22.7 Å². The summed E-state index contributed by atoms with van der Waals surface area (Å²) in [5, 5.41) is 25.3. The van der Waals surface area contributed by atoms with Crippen molar-refractivity contribution in [3.05, 3.63) is 11.4 Å². The molecule has 0 saturated heterocycles. The summed E-state index contributed by atoms with van der Waals surface area (Å²) in [4.78, 5) is 0. The molecule has 0 N–H and O–H groups in total. The van der Waals surface area contributed by atoms with Crippen molar-refractivity contribution in [2.45, 2.75) is 38.6 Å². The van der Waals surface area contributed by atoms with E-state index in [2.05, 4.69) is 22.5 Å². The molecule has 0 aliphatic carbocycles. The summed E-state index contributed by atoms with van der Waals surface area (Å²) >= 11 is 0. The van der Waals surface area contributed by atoms with Gasteiger partial charge in [-0.25, -0.2) is 4.68 Å². The number of rotatable bonds is 8. The third kappa shape index (κ3) is 4.15. The Morgan fingerprint density at radius 3 is 2.78 bits per heavy atom. The highest BCUT2D eigenvalue weighted by molar-refractivity contribution is 5.14. The summed E-state index contributed by atoms with van der Waals surface area (Å²) in [6, 6.07) is 4.21. The van der Waals surface area contributed by atoms with Gasteiger partial charge in [0.15, 0.2) is 0 Å². The standard InChI is InChI=1S/C12H17N5O/c1-18-10-6-12-11(5-8-14)15-16-17(12)9-4-2-3-7-13/h2-6,9-10H2,1H3. The summed E-state index contributed by atoms with van der Waals surface area (Å²) in [5.74, 6) is 0. The minimum atomic E-state index is 0.275. The second-order valence-electron chi connectivity index (χ2n) is 3.90. The average Bonchev–Trinajstić information content (AvgIpc) is 2.75. The summed E-state index contributed by atoms with van der Waals surface area (Å²) < 4.78 is 6.87. The summed E-state index contributed by atoms with van der Waals surface area (Å²) in [5.41, 5.74) is 1.70. The van der Waals surface area contributed by atoms with Crippen molar-refractivity contribution in [3.8, 4) is 12.1 Å². The van der Waals surface area contributed by atoms with Gasteiger partial charge in [-0.15, -0.1) is 5.10 Å². The molecule has 1 rings (SSSR count). The Morgan fingerprint density at radius 2 is 2.11 bits per heavy atom. The van der Waals surface area contributed by atoms with Crippen molar-refractivity contribution in [1.82, 2.24) is 15.0 Å². The van der Waals surface area contributed by atoms with Gasteiger partial charge in [0, 0.05) is 26.5 Å². The van der Waals surface area contributed by atoms with Crippen LogP contribution in [0.15, 0.2) is 0 Å². The number of ether oxygens (including phenoxy) is 1. The molecule has 96 valence electrons. The molecule has 0 amide bonds. The molecule has 0 saturated carbocycles. The monoisotopic (exact) mass is 247 g/mol. The average molecular weight is 247 g/mol. The number of nitrogens with zero attached hydrogens (tertiary/aromatic N) is 5. The molecule has 6 nitrogen and oxygen atoms in total. The van der Waals surface area contributed by atoms with E-state index in [1.54, 1.807) is 7.11 Å². The molecule has 0 aromatic carbocycles. The van der Waals surface area contributed by atoms with Gasteiger partial charge in [-0.1, -0.05) is 5.21 Å². The van der Waals surface area contributed by atoms with Gasteiger partial charge < -0.3 is 4.74 Å². The molecular formula is C12H17N5O. The van der Waals surface area contributed by atoms with Crippen molar-refractivity contribution in [2.24, 2.45) is 0 Å². The lowest BCUT2D eigenvalue weighted by Gasteiger charge is -2.06. The van der Waals surface area contributed by atoms with Crippen LogP contribution in [0.4, 0.5) is 0 Å². The highest BCUT2D eigenvalue weighted by atomic mass is 16.5. The van der Waals surface area contributed by atoms with Crippen molar-refractivity contribution >= 4 is 0 Å². The number of unbranched alkanes of at least 4 members (excludes halogenated alkanes) is 2. The first kappa shape index (κ1) is 14.1. The maximum atomic E-state index is 8.73. The number of aromatic nitrogens is 3. The fraction of sp³-hybridized carbons (Fsp3) is 0.667. The zero-order valence-corrected chi connectivity index (χ0v) is 10.6. The van der Waals surface area contributed by atoms with E-state index < -0.39 is 0 Å². The van der Waals surface area contributed by atoms with Crippen LogP contribution < -0.4 is 0 Å². The van der Waals surface area contributed by atoms with Crippen molar-refractivity contribution in [2.75, 3.05) is 13.7 Å². The minimum Gasteiger partial charge on any atom is -0.384 e. The second-order valence-corrected chi connectivity index (χ2v) is 3.90. The van der Waals surface area contributed by atoms with Gasteiger partial charge in [-0.3, -0.25) is 0 Å². The van der Waals surface area contributed by atoms with Crippen molar-refractivity contribution in [1.29, 1.82) is 10.5 Å². The van der Waals surface area contributed by atoms with Crippen LogP contribution in [-0.2, 0) is 24.1 Å². The molecule has 0 atom stereocenters. The highest BCUT2D eigenvalue weighted by Crippen LogP contribution is 2.09. The van der Waals surface area contributed by atoms with Crippen LogP contribution in [0.2, 0.25) is 0 Å². The molecule has 1 aromatic heterocycles. The lowest BCUT2D eigenvalue weighted by molar-refractivity contribution is 0.200. The Labute approximate surface area is 107 Å². The number of methoxy groups -OCH3 is 1. The minimum absolute atomic E-state index is 0.275. The molecular weight excluding hydrogens is 230 g/mol. The zero-order chi connectivity index (χ0) is 13.2. The van der Waals surface area contributed by atoms with Crippen LogP contribution in [0.1, 0.15) is 30.7 Å². The van der Waals surface area contributed by atoms with Gasteiger partial charge in [0.25, 0.3) is 0 Å². The topological polar surface area (TPSA) is 87.5 Å². The molecule has 6 heteroatoms. The number of nitriles is 2. The normalized spacial score (nSPS) is 9.94. The number of hydrogen-bond acceptors (Lipinski definition) is 5. The summed E-state index contributed by atoms with van der Waals surface area (Å²) in [6.07, 6.45) is 3.29. The zero-order valence-electron chi connectivity index (χ0n) is 10.6. The van der Waals surface area contributed by atoms with E-state index in [0.717, 1.165) is 30.8 Å². The molecule has 1 heterocycles. The Morgan fingerprint density at radius 1 is 1.28 bits per heavy atom. The SMILES string of the molecule is COCCc1c(CC#N)nnn1CCCCC#N. The predicted octanol–water partition coefficient (Wildman–Crippen LogP) is 1.23. The largest absolute Gasteiger partial charge is 0.384 e. The lowest BCUT2D eigenvalue weighted by Crippen LogP contribution is -2.09. The van der Waals surface area contributed by atoms with E-state index >= 15 is 0 Å². The molecule has 0 unspecified atom stereocenters. The fourth-order valence-electron chi connectivity index (χ4n) is 1.70. The Kier molecular flexibility index (Phi) is 6.45. The van der Waals surface area contributed by atoms with Crippen LogP contribution in [-0.4, -0.2) is 28.7 Å². The summed E-state index contributed by atoms with van der Waals surface area (Å²) in [7, 11) is 1.64. The smallest absolute Gasteiger partial charge is 0.100 e. The summed E-state index contributed by atoms with van der Waals surface area (Å²) in [6.45, 7) is 1.32. The first-order valence-corrected chi connectivity index (χ1v) is 5.97. The van der Waals surface area contributed by atoms with E-state index in [1.165, 1.54) is 0 Å². The first-order chi connectivity index (χ1) is 8.83. The quantitative estimate of drug-likeness (QED) is 0.645. The van der Waals surface area contributed by atoms with E-state index in [4.69, 9.17) is 15.3 Å². The molecule has 0 spiro atoms. The predicted molar refractivity (Wildman–Crippen MR) is 64.4 cm³/mol. The van der Waals surface area contributed by atoms with Gasteiger partial charge in [-0.05, 0) is 12.8 Å². The van der Waals surface area contributed by atoms with E-state index in [1.807, 2.05) is 4.68 Å². The molecule has 18 heavy (non-hydrogen) atoms. The third-order valence-electron chi connectivity index (χ3n) is 2.62. The van der Waals surface area contributed by atoms with Crippen LogP contribution in [0.3, 0.4) is 0 Å². The van der Waals surface area contributed by atoms with Crippen molar-refractivity contribution < 1.29 is 4.74 Å². The molecule has 0 aliphatic rings. The Balaban J connectivity index is 2.65. The molecule has 0 bridgehead atoms. The first-order valence-electron chi connectivity index (χ1n) is 5.97. The van der Waals surface area contributed by atoms with Gasteiger partial charge in [0.1, 0.15) is 5.69 Å². The van der Waals surface area contributed by atoms with Crippen LogP contribution >= 0.6 is 0 Å². The van der Waals surface area contributed by atoms with Gasteiger partial charge >= 0.3 is 0 Å². The molecule has 1 aromatic rings. The van der Waals surface area contributed by atoms with E-state index in [-0.39, 0.29) is 6.42 Å². The van der Waals surface area contributed by atoms with E-state index in [9.17, 15) is 0 Å².